The molecule has 1 amide bonds. The second kappa shape index (κ2) is 4.93. The smallest absolute Gasteiger partial charge is 0.305 e. The summed E-state index contributed by atoms with van der Waals surface area (Å²) in [5, 5.41) is 0. The fourth-order valence-electron chi connectivity index (χ4n) is 3.25. The highest BCUT2D eigenvalue weighted by atomic mass is 16.5. The fourth-order valence-corrected chi connectivity index (χ4v) is 3.25. The molecule has 1 aromatic rings. The van der Waals surface area contributed by atoms with Gasteiger partial charge in [0.2, 0.25) is 5.91 Å². The molecule has 1 spiro atoms. The molecule has 1 heterocycles. The second-order valence-electron chi connectivity index (χ2n) is 5.80. The largest absolute Gasteiger partial charge is 0.469 e. The van der Waals surface area contributed by atoms with Crippen LogP contribution in [-0.2, 0) is 20.9 Å². The Hall–Kier alpha value is -1.84. The molecule has 2 aliphatic rings. The number of methoxy groups -OCH3 is 1. The minimum Gasteiger partial charge on any atom is -0.469 e. The molecule has 1 unspecified atom stereocenters. The lowest BCUT2D eigenvalue weighted by atomic mass is 9.89. The fraction of sp³-hybridized carbons (Fsp3) is 0.500. The molecule has 3 rings (SSSR count). The van der Waals surface area contributed by atoms with Crippen LogP contribution in [0.3, 0.4) is 0 Å². The minimum absolute atomic E-state index is 0.117. The molecule has 20 heavy (non-hydrogen) atoms. The summed E-state index contributed by atoms with van der Waals surface area (Å²) < 4.78 is 4.75. The number of carbonyl (C=O) groups excluding carboxylic acids is 2. The summed E-state index contributed by atoms with van der Waals surface area (Å²) in [6.45, 7) is 1.31. The average molecular weight is 273 g/mol. The van der Waals surface area contributed by atoms with Crippen molar-refractivity contribution in [1.82, 2.24) is 4.90 Å². The van der Waals surface area contributed by atoms with Crippen LogP contribution in [0.5, 0.6) is 0 Å². The Morgan fingerprint density at radius 1 is 1.35 bits per heavy atom. The predicted octanol–water partition coefficient (Wildman–Crippen LogP) is 1.99. The van der Waals surface area contributed by atoms with E-state index in [4.69, 9.17) is 4.74 Å². The van der Waals surface area contributed by atoms with Gasteiger partial charge in [-0.3, -0.25) is 9.59 Å². The summed E-state index contributed by atoms with van der Waals surface area (Å²) in [5.41, 5.74) is 0.874. The van der Waals surface area contributed by atoms with E-state index in [0.717, 1.165) is 18.4 Å². The monoisotopic (exact) mass is 273 g/mol. The predicted molar refractivity (Wildman–Crippen MR) is 73.6 cm³/mol. The van der Waals surface area contributed by atoms with Crippen molar-refractivity contribution in [3.63, 3.8) is 0 Å². The zero-order valence-electron chi connectivity index (χ0n) is 11.7. The molecule has 4 heteroatoms. The van der Waals surface area contributed by atoms with Gasteiger partial charge in [0.15, 0.2) is 0 Å². The summed E-state index contributed by atoms with van der Waals surface area (Å²) in [6, 6.07) is 9.99. The van der Waals surface area contributed by atoms with E-state index < -0.39 is 0 Å². The molecule has 1 aromatic carbocycles. The van der Waals surface area contributed by atoms with Crippen molar-refractivity contribution < 1.29 is 14.3 Å². The van der Waals surface area contributed by atoms with Gasteiger partial charge in [0.05, 0.1) is 18.9 Å². The van der Waals surface area contributed by atoms with E-state index in [1.165, 1.54) is 7.11 Å². The Morgan fingerprint density at radius 2 is 2.05 bits per heavy atom. The molecule has 106 valence electrons. The minimum atomic E-state index is -0.261. The highest BCUT2D eigenvalue weighted by molar-refractivity contribution is 5.89. The summed E-state index contributed by atoms with van der Waals surface area (Å²) in [6.07, 6.45) is 2.19. The number of likely N-dealkylation sites (tertiary alicyclic amines) is 1. The molecule has 1 saturated heterocycles. The Labute approximate surface area is 118 Å². The maximum Gasteiger partial charge on any atom is 0.305 e. The van der Waals surface area contributed by atoms with E-state index in [0.29, 0.717) is 19.5 Å². The van der Waals surface area contributed by atoms with Gasteiger partial charge >= 0.3 is 5.97 Å². The molecule has 0 N–H and O–H groups in total. The first-order valence-electron chi connectivity index (χ1n) is 7.06. The third-order valence-electron chi connectivity index (χ3n) is 4.58. The van der Waals surface area contributed by atoms with Gasteiger partial charge in [-0.2, -0.15) is 0 Å². The van der Waals surface area contributed by atoms with Crippen LogP contribution in [0.4, 0.5) is 0 Å². The Morgan fingerprint density at radius 3 is 2.65 bits per heavy atom. The number of benzene rings is 1. The van der Waals surface area contributed by atoms with Crippen LogP contribution in [0.2, 0.25) is 0 Å². The van der Waals surface area contributed by atoms with Gasteiger partial charge in [-0.1, -0.05) is 30.3 Å². The van der Waals surface area contributed by atoms with E-state index in [1.54, 1.807) is 0 Å². The first-order valence-corrected chi connectivity index (χ1v) is 7.06. The first kappa shape index (κ1) is 13.2. The number of rotatable bonds is 4. The average Bonchev–Trinajstić information content (AvgIpc) is 3.23. The molecular formula is C16H19NO3. The maximum atomic E-state index is 12.5. The van der Waals surface area contributed by atoms with Crippen LogP contribution in [0.1, 0.15) is 24.8 Å². The van der Waals surface area contributed by atoms with Gasteiger partial charge in [-0.25, -0.2) is 0 Å². The Bertz CT molecular complexity index is 522. The summed E-state index contributed by atoms with van der Waals surface area (Å²) in [7, 11) is 1.40. The molecule has 0 bridgehead atoms. The third-order valence-corrected chi connectivity index (χ3v) is 4.58. The highest BCUT2D eigenvalue weighted by Gasteiger charge is 2.61. The molecule has 1 aliphatic carbocycles. The molecule has 1 saturated carbocycles. The molecule has 1 aliphatic heterocycles. The topological polar surface area (TPSA) is 46.6 Å². The molecular weight excluding hydrogens is 254 g/mol. The number of nitrogens with zero attached hydrogens (tertiary/aromatic N) is 1. The van der Waals surface area contributed by atoms with Crippen molar-refractivity contribution in [2.75, 3.05) is 13.7 Å². The first-order chi connectivity index (χ1) is 9.65. The van der Waals surface area contributed by atoms with Gasteiger partial charge < -0.3 is 9.64 Å². The van der Waals surface area contributed by atoms with E-state index in [-0.39, 0.29) is 23.2 Å². The van der Waals surface area contributed by atoms with Crippen LogP contribution < -0.4 is 0 Å². The summed E-state index contributed by atoms with van der Waals surface area (Å²) in [5.74, 6) is 0.122. The van der Waals surface area contributed by atoms with Gasteiger partial charge in [0, 0.05) is 19.0 Å². The number of esters is 1. The van der Waals surface area contributed by atoms with Crippen LogP contribution in [0.25, 0.3) is 0 Å². The zero-order valence-corrected chi connectivity index (χ0v) is 11.7. The number of amides is 1. The van der Waals surface area contributed by atoms with Crippen LogP contribution in [0, 0.1) is 11.3 Å². The number of carbonyl (C=O) groups is 2. The normalized spacial score (nSPS) is 23.1. The van der Waals surface area contributed by atoms with Crippen LogP contribution >= 0.6 is 0 Å². The molecule has 0 radical (unpaired) electrons. The van der Waals surface area contributed by atoms with E-state index in [9.17, 15) is 9.59 Å². The highest BCUT2D eigenvalue weighted by Crippen LogP contribution is 2.58. The molecule has 1 atom stereocenters. The molecule has 0 aromatic heterocycles. The standard InChI is InChI=1S/C16H19NO3/c1-20-14(18)9-13-11-17(15(19)16(13)7-8-16)10-12-5-3-2-4-6-12/h2-6,13H,7-11H2,1H3. The van der Waals surface area contributed by atoms with Gasteiger partial charge in [0.25, 0.3) is 0 Å². The van der Waals surface area contributed by atoms with Crippen molar-refractivity contribution >= 4 is 11.9 Å². The molecule has 4 nitrogen and oxygen atoms in total. The SMILES string of the molecule is COC(=O)CC1CN(Cc2ccccc2)C(=O)C12CC2. The maximum absolute atomic E-state index is 12.5. The lowest BCUT2D eigenvalue weighted by Gasteiger charge is -2.16. The van der Waals surface area contributed by atoms with Crippen LogP contribution in [0.15, 0.2) is 30.3 Å². The van der Waals surface area contributed by atoms with E-state index >= 15 is 0 Å². The quantitative estimate of drug-likeness (QED) is 0.788. The van der Waals surface area contributed by atoms with Crippen molar-refractivity contribution in [3.05, 3.63) is 35.9 Å². The second-order valence-corrected chi connectivity index (χ2v) is 5.80. The number of hydrogen-bond acceptors (Lipinski definition) is 3. The van der Waals surface area contributed by atoms with Gasteiger partial charge in [-0.15, -0.1) is 0 Å². The van der Waals surface area contributed by atoms with E-state index in [2.05, 4.69) is 0 Å². The molecule has 2 fully saturated rings. The summed E-state index contributed by atoms with van der Waals surface area (Å²) in [4.78, 5) is 25.9. The van der Waals surface area contributed by atoms with Crippen molar-refractivity contribution in [1.29, 1.82) is 0 Å². The van der Waals surface area contributed by atoms with Crippen molar-refractivity contribution in [3.8, 4) is 0 Å². The lowest BCUT2D eigenvalue weighted by molar-refractivity contribution is -0.142. The van der Waals surface area contributed by atoms with E-state index in [1.807, 2.05) is 35.2 Å². The van der Waals surface area contributed by atoms with Gasteiger partial charge in [-0.05, 0) is 18.4 Å². The van der Waals surface area contributed by atoms with Gasteiger partial charge in [0.1, 0.15) is 0 Å². The lowest BCUT2D eigenvalue weighted by Crippen LogP contribution is -2.27. The Kier molecular flexibility index (Phi) is 3.24. The number of hydrogen-bond donors (Lipinski definition) is 0. The third kappa shape index (κ3) is 2.19. The van der Waals surface area contributed by atoms with Crippen molar-refractivity contribution in [2.24, 2.45) is 11.3 Å². The van der Waals surface area contributed by atoms with Crippen LogP contribution in [-0.4, -0.2) is 30.4 Å². The Balaban J connectivity index is 1.72. The number of ether oxygens (including phenoxy) is 1. The zero-order chi connectivity index (χ0) is 14.2. The summed E-state index contributed by atoms with van der Waals surface area (Å²) >= 11 is 0. The van der Waals surface area contributed by atoms with Crippen molar-refractivity contribution in [2.45, 2.75) is 25.8 Å².